The molecule has 0 unspecified atom stereocenters. The van der Waals surface area contributed by atoms with Crippen LogP contribution in [0.15, 0.2) is 18.2 Å². The Hall–Kier alpha value is -1.41. The highest BCUT2D eigenvalue weighted by Crippen LogP contribution is 2.30. The molecule has 1 aromatic carbocycles. The lowest BCUT2D eigenvalue weighted by Crippen LogP contribution is -2.06. The summed E-state index contributed by atoms with van der Waals surface area (Å²) in [5.74, 6) is 5.42. The molecule has 16 heavy (non-hydrogen) atoms. The standard InChI is InChI=1S/C11H7F3OS/c12-11(13,14)10-4-3-8(2-1-5-16)9(6-10)7-15/h3-4,6-7,16H,5H2. The zero-order valence-corrected chi connectivity index (χ0v) is 8.90. The lowest BCUT2D eigenvalue weighted by Gasteiger charge is -2.07. The maximum atomic E-state index is 12.3. The second-order valence-electron chi connectivity index (χ2n) is 2.88. The number of rotatable bonds is 1. The van der Waals surface area contributed by atoms with Crippen LogP contribution in [0.3, 0.4) is 0 Å². The number of hydrogen-bond donors (Lipinski definition) is 1. The van der Waals surface area contributed by atoms with Crippen molar-refractivity contribution < 1.29 is 18.0 Å². The minimum Gasteiger partial charge on any atom is -0.298 e. The summed E-state index contributed by atoms with van der Waals surface area (Å²) in [6, 6.07) is 2.87. The average Bonchev–Trinajstić information content (AvgIpc) is 2.24. The van der Waals surface area contributed by atoms with Crippen LogP contribution in [-0.4, -0.2) is 12.0 Å². The van der Waals surface area contributed by atoms with E-state index in [-0.39, 0.29) is 16.9 Å². The lowest BCUT2D eigenvalue weighted by molar-refractivity contribution is -0.137. The maximum Gasteiger partial charge on any atom is 0.416 e. The van der Waals surface area contributed by atoms with Crippen molar-refractivity contribution in [1.82, 2.24) is 0 Å². The van der Waals surface area contributed by atoms with Crippen LogP contribution in [-0.2, 0) is 6.18 Å². The number of aldehydes is 1. The van der Waals surface area contributed by atoms with Crippen molar-refractivity contribution >= 4 is 18.9 Å². The van der Waals surface area contributed by atoms with E-state index >= 15 is 0 Å². The third-order valence-corrected chi connectivity index (χ3v) is 1.97. The molecule has 0 amide bonds. The summed E-state index contributed by atoms with van der Waals surface area (Å²) in [4.78, 5) is 10.6. The molecule has 84 valence electrons. The van der Waals surface area contributed by atoms with Crippen LogP contribution < -0.4 is 0 Å². The van der Waals surface area contributed by atoms with E-state index in [0.29, 0.717) is 6.29 Å². The predicted octanol–water partition coefficient (Wildman–Crippen LogP) is 2.80. The minimum absolute atomic E-state index is 0.0656. The Bertz CT molecular complexity index is 455. The molecule has 0 aliphatic rings. The van der Waals surface area contributed by atoms with Crippen LogP contribution in [0.1, 0.15) is 21.5 Å². The van der Waals surface area contributed by atoms with Gasteiger partial charge < -0.3 is 0 Å². The van der Waals surface area contributed by atoms with Gasteiger partial charge in [0.25, 0.3) is 0 Å². The van der Waals surface area contributed by atoms with Crippen molar-refractivity contribution in [3.8, 4) is 11.8 Å². The van der Waals surface area contributed by atoms with E-state index in [1.165, 1.54) is 6.07 Å². The molecule has 0 saturated heterocycles. The van der Waals surface area contributed by atoms with Crippen LogP contribution in [0.25, 0.3) is 0 Å². The van der Waals surface area contributed by atoms with Crippen LogP contribution in [0.2, 0.25) is 0 Å². The first-order valence-electron chi connectivity index (χ1n) is 4.25. The highest BCUT2D eigenvalue weighted by atomic mass is 32.1. The molecule has 0 aromatic heterocycles. The molecular weight excluding hydrogens is 237 g/mol. The largest absolute Gasteiger partial charge is 0.416 e. The fourth-order valence-corrected chi connectivity index (χ4v) is 1.16. The Balaban J connectivity index is 3.22. The van der Waals surface area contributed by atoms with Crippen molar-refractivity contribution in [3.63, 3.8) is 0 Å². The fourth-order valence-electron chi connectivity index (χ4n) is 1.09. The first-order valence-corrected chi connectivity index (χ1v) is 4.88. The van der Waals surface area contributed by atoms with Gasteiger partial charge in [-0.1, -0.05) is 11.8 Å². The number of carbonyl (C=O) groups is 1. The molecule has 0 aliphatic heterocycles. The molecule has 1 rings (SSSR count). The van der Waals surface area contributed by atoms with E-state index in [4.69, 9.17) is 0 Å². The summed E-state index contributed by atoms with van der Waals surface area (Å²) in [6.45, 7) is 0. The van der Waals surface area contributed by atoms with E-state index in [2.05, 4.69) is 24.5 Å². The molecule has 0 heterocycles. The summed E-state index contributed by atoms with van der Waals surface area (Å²) in [5, 5.41) is 0. The van der Waals surface area contributed by atoms with Gasteiger partial charge in [-0.25, -0.2) is 0 Å². The summed E-state index contributed by atoms with van der Waals surface area (Å²) >= 11 is 3.84. The molecule has 0 spiro atoms. The Morgan fingerprint density at radius 2 is 2.06 bits per heavy atom. The van der Waals surface area contributed by atoms with Crippen LogP contribution in [0.5, 0.6) is 0 Å². The maximum absolute atomic E-state index is 12.3. The quantitative estimate of drug-likeness (QED) is 0.456. The van der Waals surface area contributed by atoms with E-state index in [1.54, 1.807) is 0 Å². The Labute approximate surface area is 96.1 Å². The van der Waals surface area contributed by atoms with Gasteiger partial charge in [0, 0.05) is 11.1 Å². The number of benzene rings is 1. The molecule has 0 atom stereocenters. The lowest BCUT2D eigenvalue weighted by atomic mass is 10.0. The van der Waals surface area contributed by atoms with Crippen molar-refractivity contribution in [2.24, 2.45) is 0 Å². The van der Waals surface area contributed by atoms with E-state index in [0.717, 1.165) is 12.1 Å². The van der Waals surface area contributed by atoms with Crippen molar-refractivity contribution in [2.75, 3.05) is 5.75 Å². The zero-order chi connectivity index (χ0) is 12.2. The summed E-state index contributed by atoms with van der Waals surface area (Å²) in [5.41, 5.74) is -0.646. The van der Waals surface area contributed by atoms with Crippen LogP contribution in [0.4, 0.5) is 13.2 Å². The Kier molecular flexibility index (Phi) is 4.02. The molecule has 1 aromatic rings. The second kappa shape index (κ2) is 5.08. The normalized spacial score (nSPS) is 10.5. The van der Waals surface area contributed by atoms with Gasteiger partial charge in [-0.05, 0) is 18.2 Å². The zero-order valence-electron chi connectivity index (χ0n) is 8.01. The van der Waals surface area contributed by atoms with Gasteiger partial charge in [0.15, 0.2) is 6.29 Å². The van der Waals surface area contributed by atoms with E-state index in [9.17, 15) is 18.0 Å². The summed E-state index contributed by atoms with van der Waals surface area (Å²) < 4.78 is 37.0. The van der Waals surface area contributed by atoms with Gasteiger partial charge in [0.05, 0.1) is 11.3 Å². The Morgan fingerprint density at radius 1 is 1.38 bits per heavy atom. The molecule has 1 nitrogen and oxygen atoms in total. The molecule has 0 radical (unpaired) electrons. The minimum atomic E-state index is -4.45. The van der Waals surface area contributed by atoms with Gasteiger partial charge in [0.2, 0.25) is 0 Å². The Morgan fingerprint density at radius 3 is 2.56 bits per heavy atom. The molecule has 0 fully saturated rings. The molecule has 0 aliphatic carbocycles. The highest BCUT2D eigenvalue weighted by molar-refractivity contribution is 7.80. The third-order valence-electron chi connectivity index (χ3n) is 1.81. The smallest absolute Gasteiger partial charge is 0.298 e. The molecule has 0 N–H and O–H groups in total. The number of halogens is 3. The van der Waals surface area contributed by atoms with Gasteiger partial charge in [-0.15, -0.1) is 0 Å². The predicted molar refractivity (Wildman–Crippen MR) is 57.6 cm³/mol. The molecular formula is C11H7F3OS. The van der Waals surface area contributed by atoms with Gasteiger partial charge in [-0.3, -0.25) is 4.79 Å². The monoisotopic (exact) mass is 244 g/mol. The van der Waals surface area contributed by atoms with E-state index < -0.39 is 11.7 Å². The van der Waals surface area contributed by atoms with Crippen molar-refractivity contribution in [1.29, 1.82) is 0 Å². The number of thiol groups is 1. The fraction of sp³-hybridized carbons (Fsp3) is 0.182. The number of hydrogen-bond acceptors (Lipinski definition) is 2. The topological polar surface area (TPSA) is 17.1 Å². The van der Waals surface area contributed by atoms with E-state index in [1.807, 2.05) is 0 Å². The number of alkyl halides is 3. The first-order chi connectivity index (χ1) is 7.49. The first kappa shape index (κ1) is 12.7. The average molecular weight is 244 g/mol. The van der Waals surface area contributed by atoms with Gasteiger partial charge >= 0.3 is 6.18 Å². The van der Waals surface area contributed by atoms with Gasteiger partial charge in [0.1, 0.15) is 0 Å². The van der Waals surface area contributed by atoms with Gasteiger partial charge in [-0.2, -0.15) is 25.8 Å². The van der Waals surface area contributed by atoms with Crippen LogP contribution >= 0.6 is 12.6 Å². The number of carbonyl (C=O) groups excluding carboxylic acids is 1. The molecule has 0 bridgehead atoms. The third kappa shape index (κ3) is 3.04. The molecule has 0 saturated carbocycles. The SMILES string of the molecule is O=Cc1cc(C(F)(F)F)ccc1C#CCS. The summed E-state index contributed by atoms with van der Waals surface area (Å²) in [6.07, 6.45) is -4.09. The van der Waals surface area contributed by atoms with Crippen molar-refractivity contribution in [2.45, 2.75) is 6.18 Å². The van der Waals surface area contributed by atoms with Crippen molar-refractivity contribution in [3.05, 3.63) is 34.9 Å². The molecule has 5 heteroatoms. The summed E-state index contributed by atoms with van der Waals surface area (Å²) in [7, 11) is 0. The van der Waals surface area contributed by atoms with Crippen LogP contribution in [0, 0.1) is 11.8 Å². The highest BCUT2D eigenvalue weighted by Gasteiger charge is 2.30. The second-order valence-corrected chi connectivity index (χ2v) is 3.19.